The summed E-state index contributed by atoms with van der Waals surface area (Å²) in [5.74, 6) is 1.96. The Morgan fingerprint density at radius 2 is 1.74 bits per heavy atom. The SMILES string of the molecule is Cc1ccc2[nH]c(C3CCC(C)CCC3CCc3ccc(F)cc3)cc2c1. The molecule has 3 unspecified atom stereocenters. The van der Waals surface area contributed by atoms with Gasteiger partial charge in [0.25, 0.3) is 0 Å². The van der Waals surface area contributed by atoms with E-state index in [0.717, 1.165) is 12.3 Å². The fourth-order valence-corrected chi connectivity index (χ4v) is 4.78. The highest BCUT2D eigenvalue weighted by Crippen LogP contribution is 2.41. The second-order valence-electron chi connectivity index (χ2n) is 8.61. The van der Waals surface area contributed by atoms with Crippen LogP contribution in [0.3, 0.4) is 0 Å². The lowest BCUT2D eigenvalue weighted by Crippen LogP contribution is -2.13. The minimum Gasteiger partial charge on any atom is -0.358 e. The van der Waals surface area contributed by atoms with Crippen LogP contribution in [0.15, 0.2) is 48.5 Å². The first-order valence-corrected chi connectivity index (χ1v) is 10.4. The van der Waals surface area contributed by atoms with Gasteiger partial charge in [-0.1, -0.05) is 43.5 Å². The smallest absolute Gasteiger partial charge is 0.123 e. The van der Waals surface area contributed by atoms with E-state index in [1.807, 2.05) is 12.1 Å². The number of benzene rings is 2. The van der Waals surface area contributed by atoms with Gasteiger partial charge < -0.3 is 4.98 Å². The Morgan fingerprint density at radius 3 is 2.56 bits per heavy atom. The first-order chi connectivity index (χ1) is 13.1. The molecule has 3 aromatic rings. The summed E-state index contributed by atoms with van der Waals surface area (Å²) in [7, 11) is 0. The average Bonchev–Trinajstić information content (AvgIpc) is 2.97. The number of aromatic amines is 1. The van der Waals surface area contributed by atoms with Gasteiger partial charge in [0.05, 0.1) is 0 Å². The van der Waals surface area contributed by atoms with Crippen molar-refractivity contribution in [3.8, 4) is 0 Å². The van der Waals surface area contributed by atoms with Crippen LogP contribution in [0.1, 0.15) is 61.8 Å². The summed E-state index contributed by atoms with van der Waals surface area (Å²) in [5, 5.41) is 1.33. The van der Waals surface area contributed by atoms with Crippen molar-refractivity contribution in [1.29, 1.82) is 0 Å². The fraction of sp³-hybridized carbons (Fsp3) is 0.440. The second-order valence-corrected chi connectivity index (χ2v) is 8.61. The van der Waals surface area contributed by atoms with Gasteiger partial charge in [-0.05, 0) is 85.7 Å². The quantitative estimate of drug-likeness (QED) is 0.473. The van der Waals surface area contributed by atoms with Crippen LogP contribution < -0.4 is 0 Å². The molecule has 0 spiro atoms. The van der Waals surface area contributed by atoms with Gasteiger partial charge in [-0.3, -0.25) is 0 Å². The van der Waals surface area contributed by atoms with Crippen LogP contribution in [0.5, 0.6) is 0 Å². The zero-order valence-electron chi connectivity index (χ0n) is 16.5. The Morgan fingerprint density at radius 1 is 0.963 bits per heavy atom. The number of rotatable bonds is 4. The van der Waals surface area contributed by atoms with Gasteiger partial charge in [-0.2, -0.15) is 0 Å². The van der Waals surface area contributed by atoms with Crippen LogP contribution >= 0.6 is 0 Å². The number of aromatic nitrogens is 1. The van der Waals surface area contributed by atoms with E-state index in [0.29, 0.717) is 11.8 Å². The van der Waals surface area contributed by atoms with Gasteiger partial charge >= 0.3 is 0 Å². The summed E-state index contributed by atoms with van der Waals surface area (Å²) in [6, 6.07) is 16.1. The molecular formula is C25H30FN. The highest BCUT2D eigenvalue weighted by molar-refractivity contribution is 5.81. The summed E-state index contributed by atoms with van der Waals surface area (Å²) >= 11 is 0. The Kier molecular flexibility index (Phi) is 5.33. The van der Waals surface area contributed by atoms with Crippen molar-refractivity contribution in [2.45, 2.75) is 58.3 Å². The number of aryl methyl sites for hydroxylation is 2. The molecule has 1 aliphatic rings. The molecule has 1 nitrogen and oxygen atoms in total. The third kappa shape index (κ3) is 4.26. The van der Waals surface area contributed by atoms with E-state index in [9.17, 15) is 4.39 Å². The maximum absolute atomic E-state index is 13.2. The number of hydrogen-bond donors (Lipinski definition) is 1. The molecule has 1 saturated carbocycles. The Bertz CT molecular complexity index is 892. The summed E-state index contributed by atoms with van der Waals surface area (Å²) < 4.78 is 13.2. The minimum atomic E-state index is -0.145. The van der Waals surface area contributed by atoms with E-state index >= 15 is 0 Å². The molecule has 0 amide bonds. The first-order valence-electron chi connectivity index (χ1n) is 10.4. The van der Waals surface area contributed by atoms with Crippen molar-refractivity contribution >= 4 is 10.9 Å². The molecule has 1 N–H and O–H groups in total. The predicted molar refractivity (Wildman–Crippen MR) is 112 cm³/mol. The van der Waals surface area contributed by atoms with Crippen molar-refractivity contribution in [3.63, 3.8) is 0 Å². The van der Waals surface area contributed by atoms with Crippen molar-refractivity contribution in [2.75, 3.05) is 0 Å². The third-order valence-electron chi connectivity index (χ3n) is 6.48. The topological polar surface area (TPSA) is 15.8 Å². The van der Waals surface area contributed by atoms with E-state index < -0.39 is 0 Å². The van der Waals surface area contributed by atoms with Gasteiger partial charge in [0, 0.05) is 17.1 Å². The second kappa shape index (κ2) is 7.88. The van der Waals surface area contributed by atoms with E-state index in [2.05, 4.69) is 43.1 Å². The lowest BCUT2D eigenvalue weighted by molar-refractivity contribution is 0.367. The van der Waals surface area contributed by atoms with E-state index in [1.165, 1.54) is 59.8 Å². The maximum atomic E-state index is 13.2. The Labute approximate surface area is 162 Å². The molecular weight excluding hydrogens is 333 g/mol. The predicted octanol–water partition coefficient (Wildman–Crippen LogP) is 7.16. The van der Waals surface area contributed by atoms with Gasteiger partial charge in [-0.25, -0.2) is 4.39 Å². The molecule has 1 aromatic heterocycles. The summed E-state index contributed by atoms with van der Waals surface area (Å²) in [6.45, 7) is 4.55. The molecule has 1 heterocycles. The maximum Gasteiger partial charge on any atom is 0.123 e. The van der Waals surface area contributed by atoms with Crippen LogP contribution in [0.4, 0.5) is 4.39 Å². The number of halogens is 1. The number of nitrogens with one attached hydrogen (secondary N) is 1. The average molecular weight is 364 g/mol. The van der Waals surface area contributed by atoms with Crippen LogP contribution in [-0.4, -0.2) is 4.98 Å². The van der Waals surface area contributed by atoms with Crippen molar-refractivity contribution in [3.05, 3.63) is 71.2 Å². The standard InChI is InChI=1S/C25H30FN/c1-17-3-9-20(10-6-19-7-11-22(26)12-8-19)23(13-4-17)25-16-21-15-18(2)5-14-24(21)27-25/h5,7-8,11-12,14-17,20,23,27H,3-4,6,9-10,13H2,1-2H3. The van der Waals surface area contributed by atoms with Gasteiger partial charge in [-0.15, -0.1) is 0 Å². The molecule has 0 radical (unpaired) electrons. The molecule has 142 valence electrons. The molecule has 2 heteroatoms. The zero-order valence-corrected chi connectivity index (χ0v) is 16.5. The Hall–Kier alpha value is -2.09. The number of hydrogen-bond acceptors (Lipinski definition) is 0. The van der Waals surface area contributed by atoms with Crippen LogP contribution in [0.25, 0.3) is 10.9 Å². The van der Waals surface area contributed by atoms with E-state index in [1.54, 1.807) is 12.1 Å². The normalized spacial score (nSPS) is 23.4. The van der Waals surface area contributed by atoms with Crippen molar-refractivity contribution in [1.82, 2.24) is 4.98 Å². The first kappa shape index (κ1) is 18.3. The van der Waals surface area contributed by atoms with E-state index in [-0.39, 0.29) is 5.82 Å². The molecule has 0 saturated heterocycles. The lowest BCUT2D eigenvalue weighted by atomic mass is 9.81. The fourth-order valence-electron chi connectivity index (χ4n) is 4.78. The number of H-pyrrole nitrogens is 1. The third-order valence-corrected chi connectivity index (χ3v) is 6.48. The molecule has 1 aliphatic carbocycles. The zero-order chi connectivity index (χ0) is 18.8. The van der Waals surface area contributed by atoms with Crippen molar-refractivity contribution < 1.29 is 4.39 Å². The summed E-state index contributed by atoms with van der Waals surface area (Å²) in [6.07, 6.45) is 7.41. The summed E-state index contributed by atoms with van der Waals surface area (Å²) in [4.78, 5) is 3.72. The molecule has 3 atom stereocenters. The van der Waals surface area contributed by atoms with Gasteiger partial charge in [0.2, 0.25) is 0 Å². The van der Waals surface area contributed by atoms with Crippen LogP contribution in [-0.2, 0) is 6.42 Å². The monoisotopic (exact) mass is 363 g/mol. The highest BCUT2D eigenvalue weighted by Gasteiger charge is 2.28. The van der Waals surface area contributed by atoms with Crippen LogP contribution in [0, 0.1) is 24.6 Å². The minimum absolute atomic E-state index is 0.145. The molecule has 4 rings (SSSR count). The largest absolute Gasteiger partial charge is 0.358 e. The van der Waals surface area contributed by atoms with Gasteiger partial charge in [0.1, 0.15) is 5.82 Å². The molecule has 27 heavy (non-hydrogen) atoms. The van der Waals surface area contributed by atoms with Gasteiger partial charge in [0.15, 0.2) is 0 Å². The van der Waals surface area contributed by atoms with Crippen LogP contribution in [0.2, 0.25) is 0 Å². The molecule has 1 fully saturated rings. The summed E-state index contributed by atoms with van der Waals surface area (Å²) in [5.41, 5.74) is 5.23. The molecule has 0 aliphatic heterocycles. The number of fused-ring (bicyclic) bond motifs is 1. The Balaban J connectivity index is 1.56. The highest BCUT2D eigenvalue weighted by atomic mass is 19.1. The molecule has 0 bridgehead atoms. The van der Waals surface area contributed by atoms with Crippen molar-refractivity contribution in [2.24, 2.45) is 11.8 Å². The molecule has 2 aromatic carbocycles. The lowest BCUT2D eigenvalue weighted by Gasteiger charge is -2.24. The van der Waals surface area contributed by atoms with E-state index in [4.69, 9.17) is 0 Å².